The van der Waals surface area contributed by atoms with Crippen LogP contribution in [0, 0.1) is 25.5 Å². The number of fused-ring (bicyclic) bond motifs is 2. The van der Waals surface area contributed by atoms with Gasteiger partial charge < -0.3 is 28.7 Å². The second-order valence-corrected chi connectivity index (χ2v) is 22.5. The van der Waals surface area contributed by atoms with Crippen molar-refractivity contribution in [2.24, 2.45) is 0 Å². The van der Waals surface area contributed by atoms with Gasteiger partial charge in [-0.25, -0.2) is 35.9 Å². The van der Waals surface area contributed by atoms with E-state index in [4.69, 9.17) is 18.9 Å². The summed E-state index contributed by atoms with van der Waals surface area (Å²) in [4.78, 5) is 28.7. The Labute approximate surface area is 441 Å². The molecule has 4 heterocycles. The number of benzene rings is 4. The molecule has 2 aliphatic rings. The first kappa shape index (κ1) is 57.6. The van der Waals surface area contributed by atoms with Crippen molar-refractivity contribution in [3.8, 4) is 0 Å². The first-order chi connectivity index (χ1) is 35.7. The van der Waals surface area contributed by atoms with Gasteiger partial charge >= 0.3 is 12.2 Å². The van der Waals surface area contributed by atoms with E-state index >= 15 is 0 Å². The number of aryl methyl sites for hydroxylation is 2. The van der Waals surface area contributed by atoms with Gasteiger partial charge in [-0.1, -0.05) is 36.4 Å². The highest BCUT2D eigenvalue weighted by Gasteiger charge is 2.41. The van der Waals surface area contributed by atoms with Crippen LogP contribution in [0.2, 0.25) is 0 Å². The van der Waals surface area contributed by atoms with Crippen LogP contribution in [0.5, 0.6) is 0 Å². The van der Waals surface area contributed by atoms with E-state index in [1.54, 1.807) is 46.5 Å². The fraction of sp³-hybridized carbons (Fsp3) is 0.517. The molecule has 0 saturated carbocycles. The molecule has 2 unspecified atom stereocenters. The molecule has 412 valence electrons. The van der Waals surface area contributed by atoms with Crippen LogP contribution in [-0.4, -0.2) is 105 Å². The molecule has 0 aliphatic carbocycles. The Balaban J connectivity index is 0.000000221. The largest absolute Gasteiger partial charge is 0.444 e. The number of carbonyl (C=O) groups excluding carboxylic acids is 2. The number of hydrogen-bond acceptors (Lipinski definition) is 8. The first-order valence-corrected chi connectivity index (χ1v) is 25.9. The van der Waals surface area contributed by atoms with Gasteiger partial charge in [-0.3, -0.25) is 9.36 Å². The van der Waals surface area contributed by atoms with Crippen molar-refractivity contribution < 1.29 is 54.9 Å². The lowest BCUT2D eigenvalue weighted by atomic mass is 9.73. The smallest absolute Gasteiger partial charge is 0.410 e. The summed E-state index contributed by atoms with van der Waals surface area (Å²) in [5, 5.41) is 10.2. The Kier molecular flexibility index (Phi) is 17.9. The molecule has 6 aromatic rings. The van der Waals surface area contributed by atoms with Crippen LogP contribution >= 0.6 is 0 Å². The van der Waals surface area contributed by atoms with E-state index in [-0.39, 0.29) is 29.9 Å². The standard InChI is InChI=1S/2C29H36F3N3O3/c1-19-14-21-16-35(17-25(31)32)33-26(21)24(15-19)20(2)37-18-29(22-6-8-23(30)9-7-22)10-12-34(13-11-29)27(36)38-28(3,4)5;1-19-14-21-16-33-35(17-25(31)32)26(21)24(15-19)20(2)37-18-29(22-6-8-23(30)9-7-22)10-12-34(13-11-29)27(36)38-28(3,4)5/h2*6-9,14-16,20,25H,10-13,17-18H2,1-5H3. The van der Waals surface area contributed by atoms with Gasteiger partial charge in [0.15, 0.2) is 0 Å². The topological polar surface area (TPSA) is 113 Å². The maximum atomic E-state index is 13.8. The molecule has 0 spiro atoms. The lowest BCUT2D eigenvalue weighted by Crippen LogP contribution is -2.48. The van der Waals surface area contributed by atoms with Gasteiger partial charge in [0, 0.05) is 65.1 Å². The fourth-order valence-corrected chi connectivity index (χ4v) is 10.2. The van der Waals surface area contributed by atoms with E-state index in [0.29, 0.717) is 76.1 Å². The predicted octanol–water partition coefficient (Wildman–Crippen LogP) is 13.6. The summed E-state index contributed by atoms with van der Waals surface area (Å²) in [6, 6.07) is 20.6. The summed E-state index contributed by atoms with van der Waals surface area (Å²) in [6.45, 7) is 20.4. The third-order valence-electron chi connectivity index (χ3n) is 14.1. The van der Waals surface area contributed by atoms with Crippen molar-refractivity contribution in [3.05, 3.63) is 130 Å². The highest BCUT2D eigenvalue weighted by atomic mass is 19.3. The van der Waals surface area contributed by atoms with Crippen molar-refractivity contribution in [2.45, 2.75) is 155 Å². The molecule has 0 bridgehead atoms. The SMILES string of the molecule is Cc1cc(C(C)OCC2(c3ccc(F)cc3)CCN(C(=O)OC(C)(C)C)CC2)c2c(cnn2CC(F)F)c1.Cc1cc(C(C)OCC2(c3ccc(F)cc3)CCN(C(=O)OC(C)(C)C)CC2)c2nn(CC(F)F)cc2c1. The number of amides is 2. The normalized spacial score (nSPS) is 16.7. The van der Waals surface area contributed by atoms with Crippen LogP contribution < -0.4 is 0 Å². The number of rotatable bonds is 14. The quantitative estimate of drug-likeness (QED) is 0.0991. The Morgan fingerprint density at radius 1 is 0.618 bits per heavy atom. The van der Waals surface area contributed by atoms with Crippen molar-refractivity contribution in [3.63, 3.8) is 0 Å². The number of likely N-dealkylation sites (tertiary alicyclic amines) is 2. The molecular formula is C58H72F6N6O6. The average Bonchev–Trinajstić information content (AvgIpc) is 3.93. The van der Waals surface area contributed by atoms with Crippen LogP contribution in [0.25, 0.3) is 21.8 Å². The number of nitrogens with zero attached hydrogens (tertiary/aromatic N) is 6. The van der Waals surface area contributed by atoms with E-state index in [9.17, 15) is 35.9 Å². The van der Waals surface area contributed by atoms with Crippen LogP contribution in [0.4, 0.5) is 35.9 Å². The Morgan fingerprint density at radius 2 is 1.04 bits per heavy atom. The number of ether oxygens (including phenoxy) is 4. The highest BCUT2D eigenvalue weighted by molar-refractivity contribution is 5.84. The van der Waals surface area contributed by atoms with Crippen molar-refractivity contribution in [1.82, 2.24) is 29.4 Å². The molecule has 2 atom stereocenters. The summed E-state index contributed by atoms with van der Waals surface area (Å²) in [5.41, 5.74) is 4.70. The summed E-state index contributed by atoms with van der Waals surface area (Å²) >= 11 is 0. The second-order valence-electron chi connectivity index (χ2n) is 22.5. The molecule has 0 N–H and O–H groups in total. The molecule has 0 radical (unpaired) electrons. The summed E-state index contributed by atoms with van der Waals surface area (Å²) in [7, 11) is 0. The third kappa shape index (κ3) is 14.5. The number of piperidine rings is 2. The Morgan fingerprint density at radius 3 is 1.47 bits per heavy atom. The summed E-state index contributed by atoms with van der Waals surface area (Å²) < 4.78 is 107. The molecule has 2 aromatic heterocycles. The van der Waals surface area contributed by atoms with Gasteiger partial charge in [0.25, 0.3) is 12.9 Å². The molecular weight excluding hydrogens is 991 g/mol. The zero-order valence-corrected chi connectivity index (χ0v) is 45.3. The molecule has 76 heavy (non-hydrogen) atoms. The lowest BCUT2D eigenvalue weighted by Gasteiger charge is -2.42. The highest BCUT2D eigenvalue weighted by Crippen LogP contribution is 2.41. The van der Waals surface area contributed by atoms with Gasteiger partial charge in [-0.05, 0) is 154 Å². The minimum Gasteiger partial charge on any atom is -0.444 e. The summed E-state index contributed by atoms with van der Waals surface area (Å²) in [6.07, 6.45) is -0.799. The van der Waals surface area contributed by atoms with Crippen LogP contribution in [0.1, 0.15) is 127 Å². The number of halogens is 6. The first-order valence-electron chi connectivity index (χ1n) is 25.9. The molecule has 2 fully saturated rings. The minimum absolute atomic E-state index is 0.314. The zero-order chi connectivity index (χ0) is 55.3. The Hall–Kier alpha value is -6.14. The van der Waals surface area contributed by atoms with Crippen molar-refractivity contribution in [2.75, 3.05) is 39.4 Å². The number of alkyl halides is 4. The predicted molar refractivity (Wildman–Crippen MR) is 280 cm³/mol. The van der Waals surface area contributed by atoms with Gasteiger partial charge in [0.1, 0.15) is 35.9 Å². The van der Waals surface area contributed by atoms with Crippen LogP contribution in [0.15, 0.2) is 85.2 Å². The van der Waals surface area contributed by atoms with E-state index in [0.717, 1.165) is 44.2 Å². The molecule has 18 heteroatoms. The maximum Gasteiger partial charge on any atom is 0.410 e. The number of aromatic nitrogens is 4. The Bertz CT molecular complexity index is 2910. The van der Waals surface area contributed by atoms with Crippen molar-refractivity contribution >= 4 is 34.0 Å². The van der Waals surface area contributed by atoms with E-state index in [1.165, 1.54) is 33.6 Å². The van der Waals surface area contributed by atoms with E-state index < -0.39 is 54.1 Å². The molecule has 2 saturated heterocycles. The van der Waals surface area contributed by atoms with Gasteiger partial charge in [0.2, 0.25) is 0 Å². The molecule has 2 amide bonds. The monoisotopic (exact) mass is 1060 g/mol. The number of hydrogen-bond donors (Lipinski definition) is 0. The van der Waals surface area contributed by atoms with Gasteiger partial charge in [-0.15, -0.1) is 0 Å². The van der Waals surface area contributed by atoms with E-state index in [1.807, 2.05) is 93.5 Å². The molecule has 8 rings (SSSR count). The van der Waals surface area contributed by atoms with Gasteiger partial charge in [-0.2, -0.15) is 10.2 Å². The average molecular weight is 1060 g/mol. The third-order valence-corrected chi connectivity index (χ3v) is 14.1. The van der Waals surface area contributed by atoms with Crippen LogP contribution in [-0.2, 0) is 42.9 Å². The molecule has 2 aliphatic heterocycles. The van der Waals surface area contributed by atoms with Crippen LogP contribution in [0.3, 0.4) is 0 Å². The maximum absolute atomic E-state index is 13.8. The van der Waals surface area contributed by atoms with Gasteiger partial charge in [0.05, 0.1) is 42.7 Å². The zero-order valence-electron chi connectivity index (χ0n) is 45.3. The fourth-order valence-electron chi connectivity index (χ4n) is 10.2. The lowest BCUT2D eigenvalue weighted by molar-refractivity contribution is -0.00963. The van der Waals surface area contributed by atoms with Crippen molar-refractivity contribution in [1.29, 1.82) is 0 Å². The number of carbonyl (C=O) groups is 2. The molecule has 4 aromatic carbocycles. The summed E-state index contributed by atoms with van der Waals surface area (Å²) in [5.74, 6) is -0.635. The second kappa shape index (κ2) is 23.6. The van der Waals surface area contributed by atoms with E-state index in [2.05, 4.69) is 10.2 Å². The minimum atomic E-state index is -2.53. The molecule has 12 nitrogen and oxygen atoms in total.